The van der Waals surface area contributed by atoms with E-state index in [1.165, 1.54) is 0 Å². The number of esters is 1. The van der Waals surface area contributed by atoms with Crippen molar-refractivity contribution in [2.75, 3.05) is 13.2 Å². The summed E-state index contributed by atoms with van der Waals surface area (Å²) in [7, 11) is -4.69. The fraction of sp³-hybridized carbons (Fsp3) is 0.875. The molecule has 1 fully saturated rings. The number of carbonyl (C=O) groups excluding carboxylic acids is 1. The summed E-state index contributed by atoms with van der Waals surface area (Å²) < 4.78 is 52.2. The summed E-state index contributed by atoms with van der Waals surface area (Å²) >= 11 is 0. The molecule has 1 unspecified atom stereocenters. The molecule has 0 radical (unpaired) electrons. The van der Waals surface area contributed by atoms with E-state index in [9.17, 15) is 22.0 Å². The highest BCUT2D eigenvalue weighted by molar-refractivity contribution is 7.89. The fourth-order valence-electron chi connectivity index (χ4n) is 1.62. The zero-order valence-electron chi connectivity index (χ0n) is 8.73. The first-order chi connectivity index (χ1) is 7.41. The molecule has 5 nitrogen and oxygen atoms in total. The molecule has 0 aromatic rings. The van der Waals surface area contributed by atoms with E-state index in [1.807, 2.05) is 0 Å². The number of ether oxygens (including phenoxy) is 1. The second-order valence-electron chi connectivity index (χ2n) is 3.33. The van der Waals surface area contributed by atoms with Crippen LogP contribution in [0.4, 0.5) is 8.78 Å². The Kier molecular flexibility index (Phi) is 4.20. The maximum atomic E-state index is 12.3. The summed E-state index contributed by atoms with van der Waals surface area (Å²) in [6, 6.07) is -1.10. The van der Waals surface area contributed by atoms with Crippen molar-refractivity contribution < 1.29 is 26.7 Å². The van der Waals surface area contributed by atoms with Crippen LogP contribution in [0.25, 0.3) is 0 Å². The van der Waals surface area contributed by atoms with Gasteiger partial charge in [0.15, 0.2) is 0 Å². The first-order valence-electron chi connectivity index (χ1n) is 4.86. The molecule has 0 N–H and O–H groups in total. The Balaban J connectivity index is 2.85. The molecule has 0 amide bonds. The summed E-state index contributed by atoms with van der Waals surface area (Å²) in [6.45, 7) is 1.60. The van der Waals surface area contributed by atoms with Gasteiger partial charge in [0.1, 0.15) is 6.04 Å². The van der Waals surface area contributed by atoms with E-state index in [2.05, 4.69) is 4.74 Å². The molecule has 1 heterocycles. The van der Waals surface area contributed by atoms with Crippen molar-refractivity contribution in [3.63, 3.8) is 0 Å². The molecule has 16 heavy (non-hydrogen) atoms. The zero-order valence-corrected chi connectivity index (χ0v) is 9.54. The van der Waals surface area contributed by atoms with E-state index in [4.69, 9.17) is 0 Å². The molecule has 1 aliphatic rings. The lowest BCUT2D eigenvalue weighted by molar-refractivity contribution is -0.146. The molecule has 8 heteroatoms. The Morgan fingerprint density at radius 3 is 2.69 bits per heavy atom. The third kappa shape index (κ3) is 2.49. The Bertz CT molecular complexity index is 357. The number of halogens is 2. The molecule has 94 valence electrons. The van der Waals surface area contributed by atoms with Gasteiger partial charge in [0.25, 0.3) is 10.0 Å². The van der Waals surface area contributed by atoms with E-state index in [-0.39, 0.29) is 19.6 Å². The van der Waals surface area contributed by atoms with Gasteiger partial charge in [-0.2, -0.15) is 13.1 Å². The number of carbonyl (C=O) groups is 1. The molecule has 0 saturated carbocycles. The molecular weight excluding hydrogens is 244 g/mol. The van der Waals surface area contributed by atoms with Crippen LogP contribution in [-0.4, -0.2) is 43.6 Å². The van der Waals surface area contributed by atoms with Crippen LogP contribution in [-0.2, 0) is 19.6 Å². The number of sulfonamides is 1. The first kappa shape index (κ1) is 13.3. The lowest BCUT2D eigenvalue weighted by Crippen LogP contribution is -2.43. The minimum absolute atomic E-state index is 0.0594. The maximum Gasteiger partial charge on any atom is 0.350 e. The molecular formula is C8H13F2NO4S. The topological polar surface area (TPSA) is 63.7 Å². The van der Waals surface area contributed by atoms with Gasteiger partial charge in [-0.15, -0.1) is 0 Å². The van der Waals surface area contributed by atoms with Crippen molar-refractivity contribution in [2.24, 2.45) is 0 Å². The predicted molar refractivity (Wildman–Crippen MR) is 51.3 cm³/mol. The number of rotatable bonds is 4. The molecule has 0 spiro atoms. The minimum atomic E-state index is -4.69. The monoisotopic (exact) mass is 257 g/mol. The molecule has 0 bridgehead atoms. The highest BCUT2D eigenvalue weighted by atomic mass is 32.2. The van der Waals surface area contributed by atoms with Crippen LogP contribution in [0.15, 0.2) is 0 Å². The van der Waals surface area contributed by atoms with Gasteiger partial charge in [0.2, 0.25) is 0 Å². The van der Waals surface area contributed by atoms with Crippen LogP contribution in [0.3, 0.4) is 0 Å². The van der Waals surface area contributed by atoms with Gasteiger partial charge < -0.3 is 4.74 Å². The van der Waals surface area contributed by atoms with E-state index in [1.54, 1.807) is 6.92 Å². The van der Waals surface area contributed by atoms with Crippen LogP contribution >= 0.6 is 0 Å². The number of hydrogen-bond acceptors (Lipinski definition) is 4. The van der Waals surface area contributed by atoms with E-state index >= 15 is 0 Å². The Hall–Kier alpha value is -0.760. The number of hydrogen-bond donors (Lipinski definition) is 0. The van der Waals surface area contributed by atoms with Gasteiger partial charge >= 0.3 is 11.7 Å². The molecule has 1 saturated heterocycles. The number of nitrogens with zero attached hydrogens (tertiary/aromatic N) is 1. The molecule has 1 atom stereocenters. The van der Waals surface area contributed by atoms with Crippen LogP contribution in [0, 0.1) is 0 Å². The van der Waals surface area contributed by atoms with Crippen molar-refractivity contribution in [1.29, 1.82) is 0 Å². The summed E-state index contributed by atoms with van der Waals surface area (Å²) in [5.41, 5.74) is 0. The summed E-state index contributed by atoms with van der Waals surface area (Å²) in [4.78, 5) is 11.4. The van der Waals surface area contributed by atoms with Gasteiger partial charge in [-0.3, -0.25) is 4.79 Å². The molecule has 0 aromatic carbocycles. The summed E-state index contributed by atoms with van der Waals surface area (Å²) in [5.74, 6) is -4.26. The fourth-order valence-corrected chi connectivity index (χ4v) is 2.76. The Morgan fingerprint density at radius 1 is 1.56 bits per heavy atom. The SMILES string of the molecule is CCOC(=O)C1CCCN1S(=O)(=O)C(F)F. The van der Waals surface area contributed by atoms with E-state index < -0.39 is 27.8 Å². The van der Waals surface area contributed by atoms with Crippen molar-refractivity contribution in [1.82, 2.24) is 4.31 Å². The Morgan fingerprint density at radius 2 is 2.19 bits per heavy atom. The third-order valence-corrected chi connectivity index (χ3v) is 3.86. The van der Waals surface area contributed by atoms with Crippen LogP contribution in [0.5, 0.6) is 0 Å². The second-order valence-corrected chi connectivity index (χ2v) is 5.18. The minimum Gasteiger partial charge on any atom is -0.465 e. The van der Waals surface area contributed by atoms with Gasteiger partial charge in [-0.25, -0.2) is 8.42 Å². The van der Waals surface area contributed by atoms with Crippen molar-refractivity contribution >= 4 is 16.0 Å². The zero-order chi connectivity index (χ0) is 12.3. The third-order valence-electron chi connectivity index (χ3n) is 2.31. The predicted octanol–water partition coefficient (Wildman–Crippen LogP) is 0.566. The molecule has 0 aromatic heterocycles. The van der Waals surface area contributed by atoms with Gasteiger partial charge in [0.05, 0.1) is 6.61 Å². The summed E-state index contributed by atoms with van der Waals surface area (Å²) in [5, 5.41) is 0. The highest BCUT2D eigenvalue weighted by Crippen LogP contribution is 2.25. The lowest BCUT2D eigenvalue weighted by Gasteiger charge is -2.21. The first-order valence-corrected chi connectivity index (χ1v) is 6.37. The standard InChI is InChI=1S/C8H13F2NO4S/c1-2-15-7(12)6-4-3-5-11(6)16(13,14)8(9)10/h6,8H,2-5H2,1H3. The van der Waals surface area contributed by atoms with Gasteiger partial charge in [-0.05, 0) is 19.8 Å². The molecule has 1 rings (SSSR count). The molecule has 1 aliphatic heterocycles. The van der Waals surface area contributed by atoms with Crippen molar-refractivity contribution in [3.8, 4) is 0 Å². The van der Waals surface area contributed by atoms with Gasteiger partial charge in [0, 0.05) is 6.54 Å². The van der Waals surface area contributed by atoms with Crippen LogP contribution in [0.1, 0.15) is 19.8 Å². The average molecular weight is 257 g/mol. The van der Waals surface area contributed by atoms with Crippen LogP contribution < -0.4 is 0 Å². The van der Waals surface area contributed by atoms with E-state index in [0.717, 1.165) is 0 Å². The summed E-state index contributed by atoms with van der Waals surface area (Å²) in [6.07, 6.45) is 0.611. The Labute approximate surface area is 92.4 Å². The maximum absolute atomic E-state index is 12.3. The van der Waals surface area contributed by atoms with Gasteiger partial charge in [-0.1, -0.05) is 0 Å². The lowest BCUT2D eigenvalue weighted by atomic mass is 10.2. The van der Waals surface area contributed by atoms with Crippen LogP contribution in [0.2, 0.25) is 0 Å². The van der Waals surface area contributed by atoms with Crippen molar-refractivity contribution in [3.05, 3.63) is 0 Å². The van der Waals surface area contributed by atoms with Crippen molar-refractivity contribution in [2.45, 2.75) is 31.6 Å². The average Bonchev–Trinajstić information content (AvgIpc) is 2.66. The van der Waals surface area contributed by atoms with E-state index in [0.29, 0.717) is 10.7 Å². The quantitative estimate of drug-likeness (QED) is 0.691. The largest absolute Gasteiger partial charge is 0.465 e. The normalized spacial score (nSPS) is 22.6. The smallest absolute Gasteiger partial charge is 0.350 e. The second kappa shape index (κ2) is 5.05. The highest BCUT2D eigenvalue weighted by Gasteiger charge is 2.43. The molecule has 0 aliphatic carbocycles. The number of alkyl halides is 2.